The number of hydrogen-bond acceptors (Lipinski definition) is 5. The summed E-state index contributed by atoms with van der Waals surface area (Å²) in [6.07, 6.45) is 0. The highest BCUT2D eigenvalue weighted by atomic mass is 28.4. The average molecular weight is 351 g/mol. The van der Waals surface area contributed by atoms with E-state index in [-0.39, 0.29) is 5.97 Å². The fourth-order valence-corrected chi connectivity index (χ4v) is 10.8. The first-order chi connectivity index (χ1) is 9.68. The molecule has 8 heteroatoms. The van der Waals surface area contributed by atoms with E-state index in [2.05, 4.69) is 32.8 Å². The zero-order valence-electron chi connectivity index (χ0n) is 14.2. The van der Waals surface area contributed by atoms with Gasteiger partial charge in [-0.05, 0) is 45.2 Å². The van der Waals surface area contributed by atoms with Crippen LogP contribution in [0.4, 0.5) is 0 Å². The van der Waals surface area contributed by atoms with E-state index < -0.39 is 26.6 Å². The van der Waals surface area contributed by atoms with Crippen molar-refractivity contribution < 1.29 is 22.5 Å². The quantitative estimate of drug-likeness (QED) is 0.247. The molecule has 0 spiro atoms. The highest BCUT2D eigenvalue weighted by Gasteiger charge is 2.25. The third kappa shape index (κ3) is 11.0. The van der Waals surface area contributed by atoms with Gasteiger partial charge in [0.1, 0.15) is 6.61 Å². The fraction of sp³-hybridized carbons (Fsp3) is 0.769. The Bertz CT molecular complexity index is 336. The van der Waals surface area contributed by atoms with Crippen molar-refractivity contribution in [3.63, 3.8) is 0 Å². The zero-order chi connectivity index (χ0) is 16.5. The van der Waals surface area contributed by atoms with Crippen LogP contribution in [0, 0.1) is 0 Å². The molecule has 0 aliphatic rings. The number of carbonyl (C=O) groups is 1. The molecule has 0 heterocycles. The standard InChI is InChI=1S/C13H30O5Si3/c1-12(2)13(14)16-8-9-17-19(4)10-11-20(5)18-21(6,7)15-3/h19-20H,1,8-11H2,2-7H3. The van der Waals surface area contributed by atoms with Crippen molar-refractivity contribution in [1.82, 2.24) is 0 Å². The molecule has 0 N–H and O–H groups in total. The van der Waals surface area contributed by atoms with E-state index in [1.54, 1.807) is 14.0 Å². The Kier molecular flexibility index (Phi) is 10.3. The summed E-state index contributed by atoms with van der Waals surface area (Å²) in [5, 5.41) is 0. The smallest absolute Gasteiger partial charge is 0.333 e. The van der Waals surface area contributed by atoms with Crippen LogP contribution in [-0.2, 0) is 22.5 Å². The molecule has 0 aromatic rings. The van der Waals surface area contributed by atoms with Crippen molar-refractivity contribution in [1.29, 1.82) is 0 Å². The number of ether oxygens (including phenoxy) is 1. The summed E-state index contributed by atoms with van der Waals surface area (Å²) in [6.45, 7) is 14.5. The molecule has 0 saturated heterocycles. The maximum atomic E-state index is 11.2. The van der Waals surface area contributed by atoms with E-state index in [0.29, 0.717) is 18.8 Å². The highest BCUT2D eigenvalue weighted by Crippen LogP contribution is 2.12. The van der Waals surface area contributed by atoms with Crippen LogP contribution < -0.4 is 0 Å². The zero-order valence-corrected chi connectivity index (χ0v) is 17.5. The van der Waals surface area contributed by atoms with Crippen molar-refractivity contribution in [2.45, 2.75) is 45.2 Å². The Balaban J connectivity index is 3.73. The minimum absolute atomic E-state index is 0.302. The summed E-state index contributed by atoms with van der Waals surface area (Å²) >= 11 is 0. The normalized spacial score (nSPS) is 14.6. The number of carbonyl (C=O) groups excluding carboxylic acids is 1. The Morgan fingerprint density at radius 3 is 2.24 bits per heavy atom. The number of esters is 1. The van der Waals surface area contributed by atoms with Crippen molar-refractivity contribution >= 4 is 32.6 Å². The molecule has 0 amide bonds. The summed E-state index contributed by atoms with van der Waals surface area (Å²) in [5.74, 6) is -0.353. The second-order valence-corrected chi connectivity index (χ2v) is 14.6. The lowest BCUT2D eigenvalue weighted by atomic mass is 10.4. The minimum Gasteiger partial charge on any atom is -0.460 e. The van der Waals surface area contributed by atoms with E-state index in [0.717, 1.165) is 12.1 Å². The van der Waals surface area contributed by atoms with Gasteiger partial charge in [-0.1, -0.05) is 6.58 Å². The second-order valence-electron chi connectivity index (χ2n) is 5.71. The van der Waals surface area contributed by atoms with Gasteiger partial charge in [0.15, 0.2) is 18.1 Å². The lowest BCUT2D eigenvalue weighted by molar-refractivity contribution is -0.139. The monoisotopic (exact) mass is 350 g/mol. The Labute approximate surface area is 133 Å². The first-order valence-corrected chi connectivity index (χ1v) is 15.0. The third-order valence-corrected chi connectivity index (χ3v) is 11.7. The SMILES string of the molecule is C=C(C)C(=O)OCCO[SiH](C)CC[SiH](C)O[Si](C)(C)OC. The second kappa shape index (κ2) is 10.5. The van der Waals surface area contributed by atoms with Crippen LogP contribution >= 0.6 is 0 Å². The van der Waals surface area contributed by atoms with Gasteiger partial charge in [0, 0.05) is 12.7 Å². The van der Waals surface area contributed by atoms with E-state index in [4.69, 9.17) is 17.7 Å². The lowest BCUT2D eigenvalue weighted by Crippen LogP contribution is -2.39. The van der Waals surface area contributed by atoms with Crippen LogP contribution in [0.15, 0.2) is 12.2 Å². The molecule has 0 bridgehead atoms. The van der Waals surface area contributed by atoms with Crippen LogP contribution in [-0.4, -0.2) is 52.9 Å². The maximum Gasteiger partial charge on any atom is 0.333 e. The van der Waals surface area contributed by atoms with Gasteiger partial charge in [-0.2, -0.15) is 0 Å². The molecule has 0 radical (unpaired) electrons. The van der Waals surface area contributed by atoms with Crippen LogP contribution in [0.5, 0.6) is 0 Å². The molecule has 0 aliphatic carbocycles. The Morgan fingerprint density at radius 2 is 1.71 bits per heavy atom. The summed E-state index contributed by atoms with van der Waals surface area (Å²) in [7, 11) is -2.56. The van der Waals surface area contributed by atoms with Crippen LogP contribution in [0.1, 0.15) is 6.92 Å². The van der Waals surface area contributed by atoms with E-state index in [1.807, 2.05) is 0 Å². The van der Waals surface area contributed by atoms with Gasteiger partial charge in [-0.15, -0.1) is 0 Å². The molecule has 21 heavy (non-hydrogen) atoms. The van der Waals surface area contributed by atoms with Crippen molar-refractivity contribution in [2.75, 3.05) is 20.3 Å². The fourth-order valence-electron chi connectivity index (χ4n) is 1.65. The third-order valence-electron chi connectivity index (χ3n) is 3.02. The number of rotatable bonds is 11. The van der Waals surface area contributed by atoms with Gasteiger partial charge in [0.2, 0.25) is 0 Å². The largest absolute Gasteiger partial charge is 0.460 e. The molecule has 124 valence electrons. The average Bonchev–Trinajstić information content (AvgIpc) is 2.40. The molecular weight excluding hydrogens is 320 g/mol. The first-order valence-electron chi connectivity index (χ1n) is 7.35. The molecule has 2 unspecified atom stereocenters. The van der Waals surface area contributed by atoms with Crippen LogP contribution in [0.3, 0.4) is 0 Å². The molecule has 0 aliphatic heterocycles. The predicted octanol–water partition coefficient (Wildman–Crippen LogP) is 2.19. The van der Waals surface area contributed by atoms with Crippen LogP contribution in [0.2, 0.25) is 38.3 Å². The molecule has 2 atom stereocenters. The minimum atomic E-state index is -1.90. The predicted molar refractivity (Wildman–Crippen MR) is 92.9 cm³/mol. The van der Waals surface area contributed by atoms with Crippen molar-refractivity contribution in [2.24, 2.45) is 0 Å². The van der Waals surface area contributed by atoms with Gasteiger partial charge >= 0.3 is 14.5 Å². The molecule has 5 nitrogen and oxygen atoms in total. The molecule has 0 saturated carbocycles. The van der Waals surface area contributed by atoms with Crippen molar-refractivity contribution in [3.8, 4) is 0 Å². The summed E-state index contributed by atoms with van der Waals surface area (Å²) in [6, 6.07) is 2.20. The summed E-state index contributed by atoms with van der Waals surface area (Å²) in [5.41, 5.74) is 0.419. The van der Waals surface area contributed by atoms with Crippen LogP contribution in [0.25, 0.3) is 0 Å². The molecule has 0 aromatic carbocycles. The molecule has 0 rings (SSSR count). The molecule has 0 fully saturated rings. The molecule has 0 aromatic heterocycles. The summed E-state index contributed by atoms with van der Waals surface area (Å²) in [4.78, 5) is 11.2. The maximum absolute atomic E-state index is 11.2. The summed E-state index contributed by atoms with van der Waals surface area (Å²) < 4.78 is 22.2. The van der Waals surface area contributed by atoms with Gasteiger partial charge in [0.25, 0.3) is 0 Å². The van der Waals surface area contributed by atoms with Gasteiger partial charge < -0.3 is 17.7 Å². The first kappa shape index (κ1) is 20.7. The van der Waals surface area contributed by atoms with E-state index >= 15 is 0 Å². The van der Waals surface area contributed by atoms with E-state index in [1.165, 1.54) is 0 Å². The highest BCUT2D eigenvalue weighted by molar-refractivity contribution is 6.73. The Morgan fingerprint density at radius 1 is 1.14 bits per heavy atom. The van der Waals surface area contributed by atoms with Gasteiger partial charge in [-0.25, -0.2) is 4.79 Å². The topological polar surface area (TPSA) is 54.0 Å². The van der Waals surface area contributed by atoms with E-state index in [9.17, 15) is 4.79 Å². The van der Waals surface area contributed by atoms with Gasteiger partial charge in [0.05, 0.1) is 6.61 Å². The number of hydrogen-bond donors (Lipinski definition) is 0. The molecular formula is C13H30O5Si3. The Hall–Kier alpha value is -0.259. The lowest BCUT2D eigenvalue weighted by Gasteiger charge is -2.25. The van der Waals surface area contributed by atoms with Gasteiger partial charge in [-0.3, -0.25) is 0 Å². The van der Waals surface area contributed by atoms with Crippen molar-refractivity contribution in [3.05, 3.63) is 12.2 Å².